The first-order chi connectivity index (χ1) is 12.3. The van der Waals surface area contributed by atoms with Gasteiger partial charge >= 0.3 is 0 Å². The summed E-state index contributed by atoms with van der Waals surface area (Å²) >= 11 is 0. The van der Waals surface area contributed by atoms with Crippen LogP contribution in [0.1, 0.15) is 40.5 Å². The van der Waals surface area contributed by atoms with Crippen LogP contribution in [-0.2, 0) is 4.74 Å². The molecule has 0 spiro atoms. The molecule has 0 aromatic rings. The van der Waals surface area contributed by atoms with Gasteiger partial charge in [-0.05, 0) is 63.0 Å². The van der Waals surface area contributed by atoms with Crippen LogP contribution in [0.3, 0.4) is 0 Å². The Bertz CT molecular complexity index is 656. The van der Waals surface area contributed by atoms with Crippen LogP contribution in [0.2, 0.25) is 0 Å². The summed E-state index contributed by atoms with van der Waals surface area (Å²) < 4.78 is 32.9. The SMILES string of the molecule is C=CC1=C/C=C/C(CO/C(C)=C/CC(F)C=C(C)/C(C)=C(\C)F)CC=C1. The molecule has 0 saturated heterocycles. The number of allylic oxidation sites excluding steroid dienone is 12. The molecule has 3 heteroatoms. The topological polar surface area (TPSA) is 9.23 Å². The van der Waals surface area contributed by atoms with Crippen molar-refractivity contribution in [1.82, 2.24) is 0 Å². The first-order valence-corrected chi connectivity index (χ1v) is 8.96. The second-order valence-corrected chi connectivity index (χ2v) is 6.54. The Labute approximate surface area is 156 Å². The van der Waals surface area contributed by atoms with Crippen molar-refractivity contribution in [1.29, 1.82) is 0 Å². The smallest absolute Gasteiger partial charge is 0.122 e. The molecule has 1 rings (SSSR count). The Kier molecular flexibility index (Phi) is 9.64. The minimum atomic E-state index is -1.16. The molecule has 0 amide bonds. The Morgan fingerprint density at radius 1 is 1.35 bits per heavy atom. The molecule has 1 aliphatic carbocycles. The van der Waals surface area contributed by atoms with E-state index >= 15 is 0 Å². The Hall–Kier alpha value is -2.16. The van der Waals surface area contributed by atoms with Crippen molar-refractivity contribution in [3.63, 3.8) is 0 Å². The molecule has 0 aliphatic heterocycles. The highest BCUT2D eigenvalue weighted by Gasteiger charge is 2.07. The fraction of sp³-hybridized carbons (Fsp3) is 0.391. The fourth-order valence-corrected chi connectivity index (χ4v) is 2.41. The molecule has 2 atom stereocenters. The monoisotopic (exact) mass is 360 g/mol. The lowest BCUT2D eigenvalue weighted by atomic mass is 10.0. The molecular formula is C23H30F2O. The van der Waals surface area contributed by atoms with Gasteiger partial charge in [-0.15, -0.1) is 0 Å². The summed E-state index contributed by atoms with van der Waals surface area (Å²) in [5.74, 6) is 0.701. The van der Waals surface area contributed by atoms with Gasteiger partial charge in [-0.3, -0.25) is 0 Å². The zero-order chi connectivity index (χ0) is 19.5. The molecule has 0 aromatic carbocycles. The molecule has 26 heavy (non-hydrogen) atoms. The summed E-state index contributed by atoms with van der Waals surface area (Å²) in [4.78, 5) is 0. The lowest BCUT2D eigenvalue weighted by Gasteiger charge is -2.14. The van der Waals surface area contributed by atoms with E-state index in [1.807, 2.05) is 31.2 Å². The van der Waals surface area contributed by atoms with Crippen LogP contribution in [0.15, 0.2) is 83.5 Å². The summed E-state index contributed by atoms with van der Waals surface area (Å²) in [6.07, 6.45) is 15.3. The number of hydrogen-bond donors (Lipinski definition) is 0. The van der Waals surface area contributed by atoms with Gasteiger partial charge in [-0.25, -0.2) is 8.78 Å². The lowest BCUT2D eigenvalue weighted by Crippen LogP contribution is -2.06. The molecular weight excluding hydrogens is 330 g/mol. The predicted octanol–water partition coefficient (Wildman–Crippen LogP) is 7.09. The number of alkyl halides is 1. The zero-order valence-electron chi connectivity index (χ0n) is 16.3. The van der Waals surface area contributed by atoms with E-state index in [1.54, 1.807) is 19.9 Å². The van der Waals surface area contributed by atoms with Crippen molar-refractivity contribution in [2.24, 2.45) is 5.92 Å². The van der Waals surface area contributed by atoms with Crippen molar-refractivity contribution in [2.75, 3.05) is 6.61 Å². The molecule has 1 nitrogen and oxygen atoms in total. The first-order valence-electron chi connectivity index (χ1n) is 8.96. The van der Waals surface area contributed by atoms with E-state index in [2.05, 4.69) is 18.7 Å². The third-order valence-electron chi connectivity index (χ3n) is 4.35. The van der Waals surface area contributed by atoms with Gasteiger partial charge < -0.3 is 4.74 Å². The predicted molar refractivity (Wildman–Crippen MR) is 107 cm³/mol. The molecule has 0 heterocycles. The zero-order valence-corrected chi connectivity index (χ0v) is 16.3. The summed E-state index contributed by atoms with van der Waals surface area (Å²) in [5, 5.41) is 0. The van der Waals surface area contributed by atoms with E-state index < -0.39 is 6.17 Å². The molecule has 0 fully saturated rings. The van der Waals surface area contributed by atoms with Crippen molar-refractivity contribution < 1.29 is 13.5 Å². The van der Waals surface area contributed by atoms with E-state index in [0.29, 0.717) is 23.5 Å². The Balaban J connectivity index is 2.52. The van der Waals surface area contributed by atoms with Gasteiger partial charge in [0.2, 0.25) is 0 Å². The van der Waals surface area contributed by atoms with Crippen molar-refractivity contribution in [3.8, 4) is 0 Å². The van der Waals surface area contributed by atoms with Crippen molar-refractivity contribution >= 4 is 0 Å². The number of rotatable bonds is 8. The lowest BCUT2D eigenvalue weighted by molar-refractivity contribution is 0.183. The Morgan fingerprint density at radius 2 is 2.08 bits per heavy atom. The van der Waals surface area contributed by atoms with Crippen LogP contribution in [0.25, 0.3) is 0 Å². The summed E-state index contributed by atoms with van der Waals surface area (Å²) in [7, 11) is 0. The standard InChI is InChI=1S/C23H30F2O/c1-6-21-9-7-11-22(12-8-10-21)16-26-18(3)13-14-23(25)15-17(2)19(4)20(5)24/h6-11,13,15,22-23H,1,12,14,16H2,2-5H3/b10-8?,11-7+,17-15?,18-13+,20-19+,21-9?. The van der Waals surface area contributed by atoms with Gasteiger partial charge in [-0.1, -0.05) is 43.0 Å². The van der Waals surface area contributed by atoms with E-state index in [4.69, 9.17) is 4.74 Å². The van der Waals surface area contributed by atoms with Crippen molar-refractivity contribution in [3.05, 3.63) is 83.5 Å². The molecule has 142 valence electrons. The largest absolute Gasteiger partial charge is 0.498 e. The van der Waals surface area contributed by atoms with Crippen LogP contribution in [-0.4, -0.2) is 12.8 Å². The number of halogens is 2. The minimum absolute atomic E-state index is 0.216. The normalized spacial score (nSPS) is 21.9. The van der Waals surface area contributed by atoms with E-state index in [0.717, 1.165) is 12.0 Å². The molecule has 0 bridgehead atoms. The van der Waals surface area contributed by atoms with Gasteiger partial charge in [0, 0.05) is 12.3 Å². The van der Waals surface area contributed by atoms with Gasteiger partial charge in [0.05, 0.1) is 18.2 Å². The van der Waals surface area contributed by atoms with Gasteiger partial charge in [0.1, 0.15) is 6.17 Å². The second-order valence-electron chi connectivity index (χ2n) is 6.54. The molecule has 1 aliphatic rings. The van der Waals surface area contributed by atoms with E-state index in [9.17, 15) is 8.78 Å². The van der Waals surface area contributed by atoms with Gasteiger partial charge in [0.25, 0.3) is 0 Å². The minimum Gasteiger partial charge on any atom is -0.498 e. The summed E-state index contributed by atoms with van der Waals surface area (Å²) in [5.41, 5.74) is 2.20. The third-order valence-corrected chi connectivity index (χ3v) is 4.35. The average molecular weight is 360 g/mol. The van der Waals surface area contributed by atoms with Crippen LogP contribution in [0.4, 0.5) is 8.78 Å². The van der Waals surface area contributed by atoms with E-state index in [1.165, 1.54) is 13.0 Å². The third kappa shape index (κ3) is 8.28. The molecule has 0 N–H and O–H groups in total. The van der Waals surface area contributed by atoms with Crippen LogP contribution < -0.4 is 0 Å². The maximum absolute atomic E-state index is 14.0. The number of hydrogen-bond acceptors (Lipinski definition) is 1. The molecule has 0 aromatic heterocycles. The number of ether oxygens (including phenoxy) is 1. The highest BCUT2D eigenvalue weighted by Crippen LogP contribution is 2.18. The second kappa shape index (κ2) is 11.5. The highest BCUT2D eigenvalue weighted by atomic mass is 19.1. The molecule has 2 unspecified atom stereocenters. The Morgan fingerprint density at radius 3 is 2.73 bits per heavy atom. The van der Waals surface area contributed by atoms with Crippen LogP contribution >= 0.6 is 0 Å². The molecule has 0 saturated carbocycles. The first kappa shape index (κ1) is 21.9. The van der Waals surface area contributed by atoms with E-state index in [-0.39, 0.29) is 18.2 Å². The van der Waals surface area contributed by atoms with Gasteiger partial charge in [0.15, 0.2) is 0 Å². The maximum atomic E-state index is 14.0. The highest BCUT2D eigenvalue weighted by molar-refractivity contribution is 5.33. The van der Waals surface area contributed by atoms with Crippen LogP contribution in [0.5, 0.6) is 0 Å². The van der Waals surface area contributed by atoms with Crippen LogP contribution in [0, 0.1) is 5.92 Å². The quantitative estimate of drug-likeness (QED) is 0.332. The van der Waals surface area contributed by atoms with Crippen molar-refractivity contribution in [2.45, 2.75) is 46.7 Å². The van der Waals surface area contributed by atoms with Gasteiger partial charge in [-0.2, -0.15) is 0 Å². The summed E-state index contributed by atoms with van der Waals surface area (Å²) in [6, 6.07) is 0. The maximum Gasteiger partial charge on any atom is 0.122 e. The average Bonchev–Trinajstić information content (AvgIpc) is 2.58. The fourth-order valence-electron chi connectivity index (χ4n) is 2.41. The summed E-state index contributed by atoms with van der Waals surface area (Å²) in [6.45, 7) is 10.9. The molecule has 0 radical (unpaired) electrons.